The predicted molar refractivity (Wildman–Crippen MR) is 85.8 cm³/mol. The molecule has 4 heterocycles. The number of hydrogen-bond donors (Lipinski definition) is 0. The molecule has 1 aliphatic heterocycles. The molecule has 4 rings (SSSR count). The zero-order valence-electron chi connectivity index (χ0n) is 14.1. The molecule has 0 N–H and O–H groups in total. The van der Waals surface area contributed by atoms with Gasteiger partial charge in [-0.3, -0.25) is 14.2 Å². The van der Waals surface area contributed by atoms with E-state index in [-0.39, 0.29) is 30.3 Å². The van der Waals surface area contributed by atoms with Crippen LogP contribution in [-0.2, 0) is 30.8 Å². The largest absolute Gasteiger partial charge is 0.339 e. The fraction of sp³-hybridized carbons (Fsp3) is 0.400. The van der Waals surface area contributed by atoms with Crippen molar-refractivity contribution in [3.63, 3.8) is 0 Å². The van der Waals surface area contributed by atoms with Crippen LogP contribution in [-0.4, -0.2) is 51.8 Å². The van der Waals surface area contributed by atoms with Crippen LogP contribution in [0.25, 0.3) is 0 Å². The van der Waals surface area contributed by atoms with E-state index in [9.17, 15) is 9.59 Å². The van der Waals surface area contributed by atoms with Crippen molar-refractivity contribution >= 4 is 5.91 Å². The highest BCUT2D eigenvalue weighted by molar-refractivity contribution is 5.77. The fourth-order valence-electron chi connectivity index (χ4n) is 2.86. The van der Waals surface area contributed by atoms with E-state index in [1.54, 1.807) is 27.4 Å². The lowest BCUT2D eigenvalue weighted by Crippen LogP contribution is -2.43. The summed E-state index contributed by atoms with van der Waals surface area (Å²) >= 11 is 0. The molecule has 3 aromatic heterocycles. The minimum Gasteiger partial charge on any atom is -0.339 e. The number of hydrogen-bond acceptors (Lipinski definition) is 8. The predicted octanol–water partition coefficient (Wildman–Crippen LogP) is -0.841. The van der Waals surface area contributed by atoms with Gasteiger partial charge in [0.1, 0.15) is 24.9 Å². The number of carbonyl (C=O) groups excluding carboxylic acids is 1. The first kappa shape index (κ1) is 16.1. The number of fused-ring (bicyclic) bond motifs is 1. The van der Waals surface area contributed by atoms with E-state index in [1.165, 1.54) is 12.4 Å². The van der Waals surface area contributed by atoms with E-state index in [4.69, 9.17) is 4.52 Å². The van der Waals surface area contributed by atoms with Crippen LogP contribution in [0.5, 0.6) is 0 Å². The molecule has 0 fully saturated rings. The Morgan fingerprint density at radius 3 is 2.92 bits per heavy atom. The number of rotatable bonds is 4. The topological polar surface area (TPSA) is 125 Å². The first-order valence-corrected chi connectivity index (χ1v) is 8.07. The van der Waals surface area contributed by atoms with Crippen LogP contribution in [0.15, 0.2) is 28.0 Å². The molecule has 1 amide bonds. The van der Waals surface area contributed by atoms with Crippen molar-refractivity contribution < 1.29 is 9.32 Å². The molecule has 11 nitrogen and oxygen atoms in total. The van der Waals surface area contributed by atoms with Gasteiger partial charge in [0.05, 0.1) is 18.8 Å². The lowest BCUT2D eigenvalue weighted by Gasteiger charge is -2.29. The van der Waals surface area contributed by atoms with E-state index >= 15 is 0 Å². The molecule has 26 heavy (non-hydrogen) atoms. The van der Waals surface area contributed by atoms with Crippen LogP contribution < -0.4 is 5.56 Å². The van der Waals surface area contributed by atoms with Gasteiger partial charge in [0.15, 0.2) is 5.82 Å². The highest BCUT2D eigenvalue weighted by Crippen LogP contribution is 2.11. The maximum atomic E-state index is 12.5. The van der Waals surface area contributed by atoms with Crippen molar-refractivity contribution in [3.8, 4) is 0 Å². The normalized spacial score (nSPS) is 13.7. The second-order valence-corrected chi connectivity index (χ2v) is 5.97. The molecular formula is C15H16N8O3. The van der Waals surface area contributed by atoms with Gasteiger partial charge in [0.2, 0.25) is 11.8 Å². The third-order valence-corrected chi connectivity index (χ3v) is 4.08. The maximum absolute atomic E-state index is 12.5. The first-order chi connectivity index (χ1) is 12.6. The van der Waals surface area contributed by atoms with E-state index < -0.39 is 0 Å². The van der Waals surface area contributed by atoms with Gasteiger partial charge in [-0.05, 0) is 6.92 Å². The molecule has 0 atom stereocenters. The molecule has 0 saturated carbocycles. The van der Waals surface area contributed by atoms with Crippen molar-refractivity contribution in [1.82, 2.24) is 39.4 Å². The summed E-state index contributed by atoms with van der Waals surface area (Å²) in [5.74, 6) is 1.18. The number of aromatic nitrogens is 7. The average Bonchev–Trinajstić information content (AvgIpc) is 3.26. The third-order valence-electron chi connectivity index (χ3n) is 4.08. The quantitative estimate of drug-likeness (QED) is 0.592. The Morgan fingerprint density at radius 1 is 1.31 bits per heavy atom. The van der Waals surface area contributed by atoms with Gasteiger partial charge in [-0.2, -0.15) is 10.1 Å². The van der Waals surface area contributed by atoms with Gasteiger partial charge in [-0.25, -0.2) is 14.6 Å². The Kier molecular flexibility index (Phi) is 4.03. The van der Waals surface area contributed by atoms with Gasteiger partial charge >= 0.3 is 0 Å². The van der Waals surface area contributed by atoms with Crippen LogP contribution in [0, 0.1) is 6.92 Å². The van der Waals surface area contributed by atoms with Crippen LogP contribution in [0.1, 0.15) is 23.2 Å². The average molecular weight is 356 g/mol. The summed E-state index contributed by atoms with van der Waals surface area (Å²) in [6, 6.07) is 1.49. The number of nitrogens with zero attached hydrogens (tertiary/aromatic N) is 8. The summed E-state index contributed by atoms with van der Waals surface area (Å²) in [5, 5.41) is 7.70. The lowest BCUT2D eigenvalue weighted by molar-refractivity contribution is -0.132. The van der Waals surface area contributed by atoms with Crippen LogP contribution in [0.2, 0.25) is 0 Å². The number of aryl methyl sites for hydroxylation is 1. The Balaban J connectivity index is 1.52. The standard InChI is InChI=1S/C15H16N8O3/c1-10-18-13(26-20-10)5-14(24)21-2-3-23-12(7-21)19-11(4-15(23)25)6-22-9-16-8-17-22/h4,8-9H,2-3,5-7H2,1H3. The molecule has 0 aromatic carbocycles. The third kappa shape index (κ3) is 3.23. The SMILES string of the molecule is Cc1noc(CC(=O)N2CCn3c(nc(Cn4cncn4)cc3=O)C2)n1. The molecule has 0 spiro atoms. The lowest BCUT2D eigenvalue weighted by atomic mass is 10.2. The molecule has 134 valence electrons. The van der Waals surface area contributed by atoms with E-state index in [1.807, 2.05) is 0 Å². The van der Waals surface area contributed by atoms with Crippen LogP contribution in [0.4, 0.5) is 0 Å². The second-order valence-electron chi connectivity index (χ2n) is 5.97. The molecule has 11 heteroatoms. The summed E-state index contributed by atoms with van der Waals surface area (Å²) in [6.07, 6.45) is 3.01. The summed E-state index contributed by atoms with van der Waals surface area (Å²) in [7, 11) is 0. The summed E-state index contributed by atoms with van der Waals surface area (Å²) < 4.78 is 8.17. The summed E-state index contributed by atoms with van der Waals surface area (Å²) in [6.45, 7) is 3.13. The minimum absolute atomic E-state index is 0.0315. The molecule has 3 aromatic rings. The van der Waals surface area contributed by atoms with Crippen molar-refractivity contribution in [2.75, 3.05) is 6.54 Å². The molecule has 0 saturated heterocycles. The zero-order chi connectivity index (χ0) is 18.1. The Morgan fingerprint density at radius 2 is 2.19 bits per heavy atom. The molecule has 1 aliphatic rings. The summed E-state index contributed by atoms with van der Waals surface area (Å²) in [4.78, 5) is 38.9. The fourth-order valence-corrected chi connectivity index (χ4v) is 2.86. The van der Waals surface area contributed by atoms with Crippen LogP contribution in [0.3, 0.4) is 0 Å². The van der Waals surface area contributed by atoms with Crippen molar-refractivity contribution in [2.24, 2.45) is 0 Å². The highest BCUT2D eigenvalue weighted by Gasteiger charge is 2.24. The maximum Gasteiger partial charge on any atom is 0.253 e. The van der Waals surface area contributed by atoms with E-state index in [2.05, 4.69) is 25.2 Å². The van der Waals surface area contributed by atoms with Gasteiger partial charge in [0.25, 0.3) is 5.56 Å². The van der Waals surface area contributed by atoms with Crippen molar-refractivity contribution in [3.05, 3.63) is 52.3 Å². The van der Waals surface area contributed by atoms with Gasteiger partial charge in [0, 0.05) is 19.2 Å². The van der Waals surface area contributed by atoms with Gasteiger partial charge < -0.3 is 9.42 Å². The Labute approximate surface area is 147 Å². The smallest absolute Gasteiger partial charge is 0.253 e. The number of amides is 1. The van der Waals surface area contributed by atoms with Gasteiger partial charge in [-0.1, -0.05) is 5.16 Å². The zero-order valence-corrected chi connectivity index (χ0v) is 14.1. The molecule has 0 unspecified atom stereocenters. The van der Waals surface area contributed by atoms with E-state index in [0.29, 0.717) is 37.0 Å². The minimum atomic E-state index is -0.143. The molecular weight excluding hydrogens is 340 g/mol. The van der Waals surface area contributed by atoms with Crippen LogP contribution >= 0.6 is 0 Å². The molecule has 0 bridgehead atoms. The highest BCUT2D eigenvalue weighted by atomic mass is 16.5. The number of carbonyl (C=O) groups is 1. The molecule has 0 aliphatic carbocycles. The Hall–Kier alpha value is -3.37. The van der Waals surface area contributed by atoms with Gasteiger partial charge in [-0.15, -0.1) is 0 Å². The second kappa shape index (κ2) is 6.50. The van der Waals surface area contributed by atoms with E-state index in [0.717, 1.165) is 0 Å². The van der Waals surface area contributed by atoms with Crippen molar-refractivity contribution in [2.45, 2.75) is 33.0 Å². The Bertz CT molecular complexity index is 991. The molecule has 0 radical (unpaired) electrons. The summed E-state index contributed by atoms with van der Waals surface area (Å²) in [5.41, 5.74) is 0.443. The van der Waals surface area contributed by atoms with Crippen molar-refractivity contribution in [1.29, 1.82) is 0 Å². The monoisotopic (exact) mass is 356 g/mol. The first-order valence-electron chi connectivity index (χ1n) is 8.07.